The number of rotatable bonds is 12. The Bertz CT molecular complexity index is 803. The summed E-state index contributed by atoms with van der Waals surface area (Å²) in [6.07, 6.45) is 5.71. The van der Waals surface area contributed by atoms with Crippen LogP contribution in [0.3, 0.4) is 0 Å². The first-order chi connectivity index (χ1) is 13.9. The minimum atomic E-state index is 0.738. The number of thiophene rings is 1. The zero-order chi connectivity index (χ0) is 19.4. The van der Waals surface area contributed by atoms with Crippen molar-refractivity contribution >= 4 is 11.3 Å². The summed E-state index contributed by atoms with van der Waals surface area (Å²) in [6, 6.07) is 19.0. The van der Waals surface area contributed by atoms with Gasteiger partial charge >= 0.3 is 0 Å². The van der Waals surface area contributed by atoms with Crippen LogP contribution in [0.4, 0.5) is 0 Å². The van der Waals surface area contributed by atoms with Crippen LogP contribution in [0.5, 0.6) is 5.75 Å². The van der Waals surface area contributed by atoms with E-state index < -0.39 is 0 Å². The van der Waals surface area contributed by atoms with Crippen molar-refractivity contribution in [1.82, 2.24) is 10.3 Å². The van der Waals surface area contributed by atoms with Gasteiger partial charge in [-0.15, -0.1) is 11.3 Å². The van der Waals surface area contributed by atoms with Crippen LogP contribution in [0.2, 0.25) is 0 Å². The van der Waals surface area contributed by atoms with Gasteiger partial charge in [0.1, 0.15) is 11.4 Å². The van der Waals surface area contributed by atoms with Crippen LogP contribution < -0.4 is 10.1 Å². The molecule has 4 heteroatoms. The molecule has 0 aliphatic carbocycles. The fourth-order valence-corrected chi connectivity index (χ4v) is 3.84. The number of nitrogens with one attached hydrogen (secondary N) is 1. The number of hydrogen-bond acceptors (Lipinski definition) is 4. The molecule has 0 aliphatic heterocycles. The number of hydrogen-bond donors (Lipinski definition) is 1. The van der Waals surface area contributed by atoms with E-state index in [4.69, 9.17) is 9.72 Å². The first kappa shape index (κ1) is 20.6. The second kappa shape index (κ2) is 11.6. The van der Waals surface area contributed by atoms with E-state index in [0.717, 1.165) is 61.0 Å². The summed E-state index contributed by atoms with van der Waals surface area (Å²) < 4.78 is 6.12. The molecule has 0 radical (unpaired) electrons. The minimum absolute atomic E-state index is 0.738. The summed E-state index contributed by atoms with van der Waals surface area (Å²) >= 11 is 1.71. The SMILES string of the molecule is CCCNCc1ccc(OCCCCCc2ccccc2)c(-c2cccs2)n1. The molecule has 0 atom stereocenters. The fraction of sp³-hybridized carbons (Fsp3) is 0.375. The quantitative estimate of drug-likeness (QED) is 0.377. The second-order valence-corrected chi connectivity index (χ2v) is 7.90. The number of aryl methyl sites for hydroxylation is 1. The Labute approximate surface area is 172 Å². The summed E-state index contributed by atoms with van der Waals surface area (Å²) in [4.78, 5) is 6.03. The molecule has 2 aromatic heterocycles. The number of benzene rings is 1. The van der Waals surface area contributed by atoms with Crippen molar-refractivity contribution < 1.29 is 4.74 Å². The fourth-order valence-electron chi connectivity index (χ4n) is 3.12. The molecule has 0 saturated carbocycles. The highest BCUT2D eigenvalue weighted by Gasteiger charge is 2.11. The van der Waals surface area contributed by atoms with Crippen LogP contribution >= 0.6 is 11.3 Å². The minimum Gasteiger partial charge on any atom is -0.491 e. The molecule has 2 heterocycles. The molecule has 0 bridgehead atoms. The molecule has 1 aromatic carbocycles. The van der Waals surface area contributed by atoms with Crippen molar-refractivity contribution in [2.75, 3.05) is 13.2 Å². The largest absolute Gasteiger partial charge is 0.491 e. The Morgan fingerprint density at radius 2 is 1.86 bits per heavy atom. The third kappa shape index (κ3) is 6.47. The van der Waals surface area contributed by atoms with Crippen molar-refractivity contribution in [2.45, 2.75) is 45.6 Å². The smallest absolute Gasteiger partial charge is 0.146 e. The first-order valence-electron chi connectivity index (χ1n) is 10.3. The summed E-state index contributed by atoms with van der Waals surface area (Å²) in [7, 11) is 0. The van der Waals surface area contributed by atoms with Gasteiger partial charge in [-0.2, -0.15) is 0 Å². The normalized spacial score (nSPS) is 10.9. The molecule has 0 aliphatic rings. The maximum atomic E-state index is 6.12. The molecule has 1 N–H and O–H groups in total. The van der Waals surface area contributed by atoms with Gasteiger partial charge in [-0.1, -0.05) is 43.3 Å². The van der Waals surface area contributed by atoms with Crippen molar-refractivity contribution in [3.63, 3.8) is 0 Å². The van der Waals surface area contributed by atoms with Gasteiger partial charge in [0.2, 0.25) is 0 Å². The Morgan fingerprint density at radius 3 is 2.64 bits per heavy atom. The number of pyridine rings is 1. The molecule has 0 saturated heterocycles. The molecule has 28 heavy (non-hydrogen) atoms. The maximum Gasteiger partial charge on any atom is 0.146 e. The van der Waals surface area contributed by atoms with Crippen LogP contribution in [0.25, 0.3) is 10.6 Å². The summed E-state index contributed by atoms with van der Waals surface area (Å²) in [5, 5.41) is 5.51. The maximum absolute atomic E-state index is 6.12. The van der Waals surface area contributed by atoms with Crippen molar-refractivity contribution in [3.05, 3.63) is 71.2 Å². The van der Waals surface area contributed by atoms with Crippen LogP contribution in [0.1, 0.15) is 43.9 Å². The summed E-state index contributed by atoms with van der Waals surface area (Å²) in [5.41, 5.74) is 3.45. The molecular weight excluding hydrogens is 364 g/mol. The lowest BCUT2D eigenvalue weighted by Crippen LogP contribution is -2.15. The monoisotopic (exact) mass is 394 g/mol. The summed E-state index contributed by atoms with van der Waals surface area (Å²) in [5.74, 6) is 0.893. The zero-order valence-corrected chi connectivity index (χ0v) is 17.5. The van der Waals surface area contributed by atoms with Gasteiger partial charge in [0, 0.05) is 6.54 Å². The lowest BCUT2D eigenvalue weighted by molar-refractivity contribution is 0.305. The summed E-state index contributed by atoms with van der Waals surface area (Å²) in [6.45, 7) is 4.72. The molecule has 0 amide bonds. The van der Waals surface area contributed by atoms with Crippen molar-refractivity contribution in [2.24, 2.45) is 0 Å². The first-order valence-corrected chi connectivity index (χ1v) is 11.2. The molecule has 3 nitrogen and oxygen atoms in total. The second-order valence-electron chi connectivity index (χ2n) is 6.95. The van der Waals surface area contributed by atoms with Crippen LogP contribution in [-0.2, 0) is 13.0 Å². The van der Waals surface area contributed by atoms with Gasteiger partial charge in [0.15, 0.2) is 0 Å². The molecule has 148 valence electrons. The Kier molecular flexibility index (Phi) is 8.54. The average Bonchev–Trinajstić information content (AvgIpc) is 3.27. The van der Waals surface area contributed by atoms with Gasteiger partial charge in [-0.25, -0.2) is 4.98 Å². The number of ether oxygens (including phenoxy) is 1. The third-order valence-corrected chi connectivity index (χ3v) is 5.49. The predicted octanol–water partition coefficient (Wildman–Crippen LogP) is 6.10. The van der Waals surface area contributed by atoms with E-state index >= 15 is 0 Å². The predicted molar refractivity (Wildman–Crippen MR) is 119 cm³/mol. The van der Waals surface area contributed by atoms with E-state index in [2.05, 4.69) is 72.2 Å². The van der Waals surface area contributed by atoms with Crippen LogP contribution in [0.15, 0.2) is 60.0 Å². The van der Waals surface area contributed by atoms with Gasteiger partial charge < -0.3 is 10.1 Å². The Hall–Kier alpha value is -2.17. The number of aromatic nitrogens is 1. The van der Waals surface area contributed by atoms with Crippen LogP contribution in [-0.4, -0.2) is 18.1 Å². The Morgan fingerprint density at radius 1 is 0.964 bits per heavy atom. The number of unbranched alkanes of at least 4 members (excludes halogenated alkanes) is 2. The van der Waals surface area contributed by atoms with Gasteiger partial charge in [0.25, 0.3) is 0 Å². The standard InChI is InChI=1S/C24H30N2OS/c1-2-16-25-19-21-14-15-22(24(26-21)23-13-9-18-28-23)27-17-8-4-7-12-20-10-5-3-6-11-20/h3,5-6,9-11,13-15,18,25H,2,4,7-8,12,16-17,19H2,1H3. The highest BCUT2D eigenvalue weighted by Crippen LogP contribution is 2.32. The van der Waals surface area contributed by atoms with Crippen molar-refractivity contribution in [3.8, 4) is 16.3 Å². The molecule has 3 aromatic rings. The van der Waals surface area contributed by atoms with Crippen molar-refractivity contribution in [1.29, 1.82) is 0 Å². The van der Waals surface area contributed by atoms with E-state index in [1.165, 1.54) is 18.4 Å². The number of nitrogens with zero attached hydrogens (tertiary/aromatic N) is 1. The van der Waals surface area contributed by atoms with Crippen LogP contribution in [0, 0.1) is 0 Å². The van der Waals surface area contributed by atoms with Gasteiger partial charge in [-0.3, -0.25) is 0 Å². The van der Waals surface area contributed by atoms with E-state index in [1.54, 1.807) is 11.3 Å². The molecule has 3 rings (SSSR count). The highest BCUT2D eigenvalue weighted by atomic mass is 32.1. The lowest BCUT2D eigenvalue weighted by atomic mass is 10.1. The molecule has 0 fully saturated rings. The molecular formula is C24H30N2OS. The highest BCUT2D eigenvalue weighted by molar-refractivity contribution is 7.13. The van der Waals surface area contributed by atoms with E-state index in [0.29, 0.717) is 0 Å². The average molecular weight is 395 g/mol. The topological polar surface area (TPSA) is 34.1 Å². The Balaban J connectivity index is 1.51. The lowest BCUT2D eigenvalue weighted by Gasteiger charge is -2.12. The molecule has 0 spiro atoms. The van der Waals surface area contributed by atoms with E-state index in [1.807, 2.05) is 0 Å². The third-order valence-electron chi connectivity index (χ3n) is 4.61. The van der Waals surface area contributed by atoms with Gasteiger partial charge in [-0.05, 0) is 67.8 Å². The van der Waals surface area contributed by atoms with E-state index in [-0.39, 0.29) is 0 Å². The van der Waals surface area contributed by atoms with Gasteiger partial charge in [0.05, 0.1) is 17.2 Å². The molecule has 0 unspecified atom stereocenters. The zero-order valence-electron chi connectivity index (χ0n) is 16.7. The van der Waals surface area contributed by atoms with E-state index in [9.17, 15) is 0 Å².